The number of nitrogens with one attached hydrogen (secondary N) is 2. The predicted octanol–water partition coefficient (Wildman–Crippen LogP) is 2.63. The predicted molar refractivity (Wildman–Crippen MR) is 86.6 cm³/mol. The van der Waals surface area contributed by atoms with Gasteiger partial charge in [-0.25, -0.2) is 9.97 Å². The molecule has 2 N–H and O–H groups in total. The van der Waals surface area contributed by atoms with Crippen molar-refractivity contribution in [2.75, 3.05) is 11.9 Å². The second kappa shape index (κ2) is 6.39. The van der Waals surface area contributed by atoms with E-state index in [1.165, 1.54) is 0 Å². The highest BCUT2D eigenvalue weighted by atomic mass is 16.1. The van der Waals surface area contributed by atoms with Gasteiger partial charge in [-0.15, -0.1) is 6.58 Å². The van der Waals surface area contributed by atoms with E-state index in [1.54, 1.807) is 12.1 Å². The molecule has 0 spiro atoms. The summed E-state index contributed by atoms with van der Waals surface area (Å²) in [6.45, 7) is 4.01. The van der Waals surface area contributed by atoms with Gasteiger partial charge >= 0.3 is 0 Å². The van der Waals surface area contributed by atoms with Crippen LogP contribution in [-0.2, 0) is 0 Å². The molecule has 0 radical (unpaired) electrons. The van der Waals surface area contributed by atoms with Crippen molar-refractivity contribution in [3.63, 3.8) is 0 Å². The summed E-state index contributed by atoms with van der Waals surface area (Å²) < 4.78 is 0. The Kier molecular flexibility index (Phi) is 4.14. The number of hydrogen-bond donors (Lipinski definition) is 2. The summed E-state index contributed by atoms with van der Waals surface area (Å²) in [6.07, 6.45) is 3.92. The molecule has 1 fully saturated rings. The fourth-order valence-corrected chi connectivity index (χ4v) is 2.05. The molecule has 0 bridgehead atoms. The smallest absolute Gasteiger partial charge is 0.270 e. The maximum atomic E-state index is 12.2. The van der Waals surface area contributed by atoms with Crippen molar-refractivity contribution >= 4 is 11.7 Å². The minimum absolute atomic E-state index is 0.224. The monoisotopic (exact) mass is 294 g/mol. The van der Waals surface area contributed by atoms with Crippen molar-refractivity contribution in [2.45, 2.75) is 18.9 Å². The van der Waals surface area contributed by atoms with E-state index >= 15 is 0 Å². The summed E-state index contributed by atoms with van der Waals surface area (Å²) in [5.41, 5.74) is 1.25. The number of amides is 1. The van der Waals surface area contributed by atoms with Gasteiger partial charge in [0.2, 0.25) is 0 Å². The number of rotatable bonds is 6. The molecule has 1 aliphatic carbocycles. The molecule has 112 valence electrons. The zero-order chi connectivity index (χ0) is 15.4. The molecule has 1 aliphatic rings. The minimum Gasteiger partial charge on any atom is -0.367 e. The zero-order valence-corrected chi connectivity index (χ0v) is 12.2. The number of nitrogens with zero attached hydrogens (tertiary/aromatic N) is 2. The quantitative estimate of drug-likeness (QED) is 0.804. The van der Waals surface area contributed by atoms with Crippen LogP contribution < -0.4 is 10.6 Å². The maximum Gasteiger partial charge on any atom is 0.270 e. The summed E-state index contributed by atoms with van der Waals surface area (Å²) in [5, 5.41) is 6.07. The van der Waals surface area contributed by atoms with E-state index in [2.05, 4.69) is 27.2 Å². The van der Waals surface area contributed by atoms with Gasteiger partial charge in [0.25, 0.3) is 5.91 Å². The van der Waals surface area contributed by atoms with Crippen LogP contribution in [0.15, 0.2) is 49.1 Å². The van der Waals surface area contributed by atoms with E-state index in [9.17, 15) is 4.79 Å². The van der Waals surface area contributed by atoms with Gasteiger partial charge in [-0.05, 0) is 12.8 Å². The minimum atomic E-state index is -0.224. The first-order valence-corrected chi connectivity index (χ1v) is 7.36. The topological polar surface area (TPSA) is 66.9 Å². The van der Waals surface area contributed by atoms with Gasteiger partial charge in [-0.2, -0.15) is 0 Å². The third-order valence-corrected chi connectivity index (χ3v) is 3.33. The second-order valence-electron chi connectivity index (χ2n) is 5.25. The lowest BCUT2D eigenvalue weighted by Crippen LogP contribution is -2.25. The maximum absolute atomic E-state index is 12.2. The summed E-state index contributed by atoms with van der Waals surface area (Å²) in [6, 6.07) is 11.8. The van der Waals surface area contributed by atoms with Crippen molar-refractivity contribution in [3.8, 4) is 11.4 Å². The average Bonchev–Trinajstić information content (AvgIpc) is 3.37. The number of carbonyl (C=O) groups excluding carboxylic acids is 1. The van der Waals surface area contributed by atoms with E-state index in [-0.39, 0.29) is 5.91 Å². The zero-order valence-electron chi connectivity index (χ0n) is 12.2. The molecule has 5 heteroatoms. The van der Waals surface area contributed by atoms with E-state index in [1.807, 2.05) is 30.3 Å². The third-order valence-electron chi connectivity index (χ3n) is 3.33. The summed E-state index contributed by atoms with van der Waals surface area (Å²) in [7, 11) is 0. The standard InChI is InChI=1S/C17H18N4O/c1-2-10-18-17(22)14-11-15(19-13-8-9-13)21-16(20-14)12-6-4-3-5-7-12/h2-7,11,13H,1,8-10H2,(H,18,22)(H,19,20,21). The average molecular weight is 294 g/mol. The van der Waals surface area contributed by atoms with Crippen LogP contribution in [0.2, 0.25) is 0 Å². The normalized spacial score (nSPS) is 13.5. The van der Waals surface area contributed by atoms with Crippen molar-refractivity contribution in [3.05, 3.63) is 54.7 Å². The van der Waals surface area contributed by atoms with Gasteiger partial charge in [0.05, 0.1) is 0 Å². The highest BCUT2D eigenvalue weighted by Gasteiger charge is 2.22. The largest absolute Gasteiger partial charge is 0.367 e. The van der Waals surface area contributed by atoms with Gasteiger partial charge in [0.1, 0.15) is 11.5 Å². The fourth-order valence-electron chi connectivity index (χ4n) is 2.05. The Hall–Kier alpha value is -2.69. The lowest BCUT2D eigenvalue weighted by atomic mass is 10.2. The van der Waals surface area contributed by atoms with Gasteiger partial charge in [0.15, 0.2) is 5.82 Å². The van der Waals surface area contributed by atoms with E-state index in [0.29, 0.717) is 29.9 Å². The summed E-state index contributed by atoms with van der Waals surface area (Å²) in [5.74, 6) is 1.02. The lowest BCUT2D eigenvalue weighted by Gasteiger charge is -2.09. The molecule has 2 aromatic rings. The van der Waals surface area contributed by atoms with Crippen LogP contribution in [0.4, 0.5) is 5.82 Å². The number of aromatic nitrogens is 2. The molecule has 0 saturated heterocycles. The Morgan fingerprint density at radius 2 is 2.05 bits per heavy atom. The van der Waals surface area contributed by atoms with Crippen LogP contribution in [0.25, 0.3) is 11.4 Å². The number of carbonyl (C=O) groups is 1. The first kappa shape index (κ1) is 14.3. The Morgan fingerprint density at radius 3 is 2.73 bits per heavy atom. The van der Waals surface area contributed by atoms with Crippen LogP contribution in [0, 0.1) is 0 Å². The molecule has 0 aliphatic heterocycles. The molecule has 0 atom stereocenters. The van der Waals surface area contributed by atoms with Crippen molar-refractivity contribution in [2.24, 2.45) is 0 Å². The molecule has 1 aromatic heterocycles. The van der Waals surface area contributed by atoms with Crippen LogP contribution in [0.5, 0.6) is 0 Å². The Bertz CT molecular complexity index is 680. The molecule has 1 amide bonds. The number of hydrogen-bond acceptors (Lipinski definition) is 4. The second-order valence-corrected chi connectivity index (χ2v) is 5.25. The Balaban J connectivity index is 1.94. The number of anilines is 1. The highest BCUT2D eigenvalue weighted by molar-refractivity contribution is 5.93. The van der Waals surface area contributed by atoms with Gasteiger partial charge in [-0.3, -0.25) is 4.79 Å². The van der Waals surface area contributed by atoms with Crippen LogP contribution in [0.3, 0.4) is 0 Å². The molecular formula is C17H18N4O. The molecule has 1 heterocycles. The fraction of sp³-hybridized carbons (Fsp3) is 0.235. The van der Waals surface area contributed by atoms with Gasteiger partial charge < -0.3 is 10.6 Å². The van der Waals surface area contributed by atoms with Crippen molar-refractivity contribution < 1.29 is 4.79 Å². The van der Waals surface area contributed by atoms with Gasteiger partial charge in [0, 0.05) is 24.2 Å². The van der Waals surface area contributed by atoms with Crippen LogP contribution >= 0.6 is 0 Å². The van der Waals surface area contributed by atoms with Crippen LogP contribution in [0.1, 0.15) is 23.3 Å². The van der Waals surface area contributed by atoms with E-state index in [0.717, 1.165) is 18.4 Å². The Labute approximate surface area is 129 Å². The first-order valence-electron chi connectivity index (χ1n) is 7.36. The SMILES string of the molecule is C=CCNC(=O)c1cc(NC2CC2)nc(-c2ccccc2)n1. The first-order chi connectivity index (χ1) is 10.8. The molecule has 3 rings (SSSR count). The van der Waals surface area contributed by atoms with Crippen molar-refractivity contribution in [1.29, 1.82) is 0 Å². The Morgan fingerprint density at radius 1 is 1.27 bits per heavy atom. The lowest BCUT2D eigenvalue weighted by molar-refractivity contribution is 0.0953. The van der Waals surface area contributed by atoms with E-state index < -0.39 is 0 Å². The molecule has 1 saturated carbocycles. The summed E-state index contributed by atoms with van der Waals surface area (Å²) >= 11 is 0. The summed E-state index contributed by atoms with van der Waals surface area (Å²) in [4.78, 5) is 21.1. The third kappa shape index (κ3) is 3.49. The van der Waals surface area contributed by atoms with Gasteiger partial charge in [-0.1, -0.05) is 36.4 Å². The molecular weight excluding hydrogens is 276 g/mol. The molecule has 1 aromatic carbocycles. The molecule has 22 heavy (non-hydrogen) atoms. The van der Waals surface area contributed by atoms with Crippen molar-refractivity contribution in [1.82, 2.24) is 15.3 Å². The van der Waals surface area contributed by atoms with E-state index in [4.69, 9.17) is 0 Å². The highest BCUT2D eigenvalue weighted by Crippen LogP contribution is 2.25. The molecule has 5 nitrogen and oxygen atoms in total. The molecule has 0 unspecified atom stereocenters. The van der Waals surface area contributed by atoms with Crippen LogP contribution in [-0.4, -0.2) is 28.5 Å². The number of benzene rings is 1.